The van der Waals surface area contributed by atoms with Crippen LogP contribution in [0.2, 0.25) is 0 Å². The lowest BCUT2D eigenvalue weighted by molar-refractivity contribution is -0.918. The van der Waals surface area contributed by atoms with Crippen LogP contribution in [0.5, 0.6) is 0 Å². The monoisotopic (exact) mass is 261 g/mol. The van der Waals surface area contributed by atoms with Crippen molar-refractivity contribution in [2.75, 3.05) is 13.2 Å². The quantitative estimate of drug-likeness (QED) is 0.668. The topological polar surface area (TPSA) is 43.3 Å². The molecule has 0 aromatic heterocycles. The van der Waals surface area contributed by atoms with Crippen molar-refractivity contribution in [2.24, 2.45) is 5.92 Å². The number of nitrogens with zero attached hydrogens (tertiary/aromatic N) is 1. The van der Waals surface area contributed by atoms with Crippen LogP contribution in [-0.4, -0.2) is 35.0 Å². The van der Waals surface area contributed by atoms with Crippen molar-refractivity contribution in [3.05, 3.63) is 41.1 Å². The molecule has 4 atom stereocenters. The predicted molar refractivity (Wildman–Crippen MR) is 75.3 cm³/mol. The Balaban J connectivity index is 1.78. The molecular formula is C16H23NO2. The van der Waals surface area contributed by atoms with Crippen molar-refractivity contribution in [3.8, 4) is 0 Å². The van der Waals surface area contributed by atoms with Crippen molar-refractivity contribution >= 4 is 0 Å². The fourth-order valence-corrected chi connectivity index (χ4v) is 4.16. The number of hydroxylamine groups is 3. The Hall–Kier alpha value is -0.900. The predicted octanol–water partition coefficient (Wildman–Crippen LogP) is 2.48. The molecule has 1 aromatic carbocycles. The lowest BCUT2D eigenvalue weighted by atomic mass is 10.0. The summed E-state index contributed by atoms with van der Waals surface area (Å²) in [5.74, 6) is 0.613. The van der Waals surface area contributed by atoms with Gasteiger partial charge in [-0.15, -0.1) is 0 Å². The van der Waals surface area contributed by atoms with E-state index in [0.29, 0.717) is 18.9 Å². The first-order valence-electron chi connectivity index (χ1n) is 7.47. The summed E-state index contributed by atoms with van der Waals surface area (Å²) in [6.45, 7) is 0.703. The van der Waals surface area contributed by atoms with E-state index in [1.165, 1.54) is 12.8 Å². The summed E-state index contributed by atoms with van der Waals surface area (Å²) in [6.07, 6.45) is 5.22. The van der Waals surface area contributed by atoms with Gasteiger partial charge in [0.05, 0.1) is 19.2 Å². The van der Waals surface area contributed by atoms with Crippen molar-refractivity contribution in [1.82, 2.24) is 0 Å². The smallest absolute Gasteiger partial charge is 0.116 e. The van der Waals surface area contributed by atoms with Crippen LogP contribution in [0.25, 0.3) is 0 Å². The van der Waals surface area contributed by atoms with Crippen LogP contribution in [0.3, 0.4) is 0 Å². The van der Waals surface area contributed by atoms with Crippen molar-refractivity contribution in [3.63, 3.8) is 0 Å². The summed E-state index contributed by atoms with van der Waals surface area (Å²) in [5.41, 5.74) is 1.16. The maximum Gasteiger partial charge on any atom is 0.116 e. The van der Waals surface area contributed by atoms with Gasteiger partial charge < -0.3 is 15.0 Å². The number of aliphatic hydroxyl groups excluding tert-OH is 1. The first-order chi connectivity index (χ1) is 9.24. The van der Waals surface area contributed by atoms with Crippen LogP contribution >= 0.6 is 0 Å². The van der Waals surface area contributed by atoms with E-state index >= 15 is 0 Å². The summed E-state index contributed by atoms with van der Waals surface area (Å²) < 4.78 is -0.143. The minimum atomic E-state index is -0.185. The summed E-state index contributed by atoms with van der Waals surface area (Å²) >= 11 is 0. The fourth-order valence-electron chi connectivity index (χ4n) is 4.16. The van der Waals surface area contributed by atoms with E-state index in [0.717, 1.165) is 18.4 Å². The molecule has 1 aromatic rings. The zero-order valence-corrected chi connectivity index (χ0v) is 11.4. The highest BCUT2D eigenvalue weighted by Gasteiger charge is 2.48. The standard InChI is InChI=1S/C16H23NO2/c18-12-15(11-13-5-2-1-3-6-13)17(19)10-9-14-7-4-8-16(14)17/h1-3,5-6,14-16,18H,4,7-12H2/t14-,15-,16-,17-/m0/s1. The largest absolute Gasteiger partial charge is 0.632 e. The lowest BCUT2D eigenvalue weighted by Crippen LogP contribution is -2.56. The minimum absolute atomic E-state index is 0.00160. The van der Waals surface area contributed by atoms with Crippen LogP contribution < -0.4 is 0 Å². The number of benzene rings is 1. The highest BCUT2D eigenvalue weighted by Crippen LogP contribution is 2.44. The molecule has 104 valence electrons. The Morgan fingerprint density at radius 2 is 2.00 bits per heavy atom. The highest BCUT2D eigenvalue weighted by atomic mass is 16.6. The second kappa shape index (κ2) is 5.23. The number of hydrogen-bond donors (Lipinski definition) is 1. The molecule has 1 heterocycles. The highest BCUT2D eigenvalue weighted by molar-refractivity contribution is 5.15. The molecule has 0 unspecified atom stereocenters. The molecule has 1 aliphatic carbocycles. The van der Waals surface area contributed by atoms with Gasteiger partial charge in [0.1, 0.15) is 6.04 Å². The Labute approximate surface area is 115 Å². The Morgan fingerprint density at radius 3 is 2.74 bits per heavy atom. The number of likely N-dealkylation sites (tertiary alicyclic amines) is 1. The summed E-state index contributed by atoms with van der Waals surface area (Å²) in [4.78, 5) is 0. The Morgan fingerprint density at radius 1 is 1.21 bits per heavy atom. The summed E-state index contributed by atoms with van der Waals surface area (Å²) in [6, 6.07) is 10.2. The van der Waals surface area contributed by atoms with E-state index < -0.39 is 0 Å². The van der Waals surface area contributed by atoms with Gasteiger partial charge in [-0.05, 0) is 18.4 Å². The summed E-state index contributed by atoms with van der Waals surface area (Å²) in [7, 11) is 0. The maximum absolute atomic E-state index is 13.2. The molecule has 2 aliphatic rings. The molecule has 1 aliphatic heterocycles. The van der Waals surface area contributed by atoms with Gasteiger partial charge in [-0.1, -0.05) is 30.3 Å². The second-order valence-electron chi connectivity index (χ2n) is 6.15. The lowest BCUT2D eigenvalue weighted by Gasteiger charge is -2.49. The number of rotatable bonds is 4. The normalized spacial score (nSPS) is 35.3. The SMILES string of the molecule is [O-][N@+]1([C@H](CO)Cc2ccccc2)CC[C@@H]2CCC[C@@H]21. The first-order valence-corrected chi connectivity index (χ1v) is 7.47. The van der Waals surface area contributed by atoms with E-state index in [1.807, 2.05) is 18.2 Å². The van der Waals surface area contributed by atoms with Gasteiger partial charge in [0.25, 0.3) is 0 Å². The van der Waals surface area contributed by atoms with Crippen LogP contribution in [0.4, 0.5) is 0 Å². The number of fused-ring (bicyclic) bond motifs is 1. The second-order valence-corrected chi connectivity index (χ2v) is 6.15. The summed E-state index contributed by atoms with van der Waals surface area (Å²) in [5, 5.41) is 22.9. The van der Waals surface area contributed by atoms with E-state index in [9.17, 15) is 10.3 Å². The average molecular weight is 261 g/mol. The first kappa shape index (κ1) is 13.1. The van der Waals surface area contributed by atoms with E-state index in [2.05, 4.69) is 12.1 Å². The number of hydrogen-bond acceptors (Lipinski definition) is 2. The van der Waals surface area contributed by atoms with Gasteiger partial charge in [0, 0.05) is 25.2 Å². The van der Waals surface area contributed by atoms with Gasteiger partial charge in [-0.3, -0.25) is 0 Å². The van der Waals surface area contributed by atoms with E-state index in [4.69, 9.17) is 0 Å². The molecule has 1 N–H and O–H groups in total. The zero-order valence-electron chi connectivity index (χ0n) is 11.4. The molecule has 0 radical (unpaired) electrons. The molecule has 1 saturated carbocycles. The molecule has 0 bridgehead atoms. The van der Waals surface area contributed by atoms with E-state index in [-0.39, 0.29) is 23.3 Å². The van der Waals surface area contributed by atoms with Gasteiger partial charge in [0.2, 0.25) is 0 Å². The molecule has 19 heavy (non-hydrogen) atoms. The average Bonchev–Trinajstić information content (AvgIpc) is 3.02. The molecule has 3 rings (SSSR count). The molecule has 0 spiro atoms. The van der Waals surface area contributed by atoms with Crippen LogP contribution in [0.1, 0.15) is 31.2 Å². The van der Waals surface area contributed by atoms with Crippen LogP contribution in [0.15, 0.2) is 30.3 Å². The van der Waals surface area contributed by atoms with Crippen LogP contribution in [0, 0.1) is 11.1 Å². The molecule has 3 nitrogen and oxygen atoms in total. The van der Waals surface area contributed by atoms with Crippen molar-refractivity contribution in [2.45, 2.75) is 44.2 Å². The van der Waals surface area contributed by atoms with Crippen molar-refractivity contribution < 1.29 is 9.75 Å². The third-order valence-corrected chi connectivity index (χ3v) is 5.17. The fraction of sp³-hybridized carbons (Fsp3) is 0.625. The third-order valence-electron chi connectivity index (χ3n) is 5.17. The number of quaternary nitrogens is 1. The Bertz CT molecular complexity index is 422. The van der Waals surface area contributed by atoms with Gasteiger partial charge >= 0.3 is 0 Å². The molecule has 0 amide bonds. The Kier molecular flexibility index (Phi) is 3.61. The van der Waals surface area contributed by atoms with Crippen molar-refractivity contribution in [1.29, 1.82) is 0 Å². The third kappa shape index (κ3) is 2.31. The molecule has 2 fully saturated rings. The van der Waals surface area contributed by atoms with E-state index in [1.54, 1.807) is 0 Å². The minimum Gasteiger partial charge on any atom is -0.632 e. The van der Waals surface area contributed by atoms with Gasteiger partial charge in [-0.25, -0.2) is 0 Å². The zero-order chi connectivity index (χ0) is 13.3. The molecular weight excluding hydrogens is 238 g/mol. The van der Waals surface area contributed by atoms with Gasteiger partial charge in [-0.2, -0.15) is 0 Å². The number of aliphatic hydroxyl groups is 1. The maximum atomic E-state index is 13.2. The van der Waals surface area contributed by atoms with Gasteiger partial charge in [0.15, 0.2) is 0 Å². The van der Waals surface area contributed by atoms with Crippen LogP contribution in [-0.2, 0) is 6.42 Å². The molecule has 1 saturated heterocycles. The molecule has 3 heteroatoms.